The van der Waals surface area contributed by atoms with Crippen LogP contribution in [0.3, 0.4) is 0 Å². The van der Waals surface area contributed by atoms with Gasteiger partial charge in [0.1, 0.15) is 0 Å². The van der Waals surface area contributed by atoms with Crippen LogP contribution in [-0.4, -0.2) is 38.5 Å². The number of aromatic nitrogens is 2. The number of hydrogen-bond acceptors (Lipinski definition) is 4. The van der Waals surface area contributed by atoms with Crippen LogP contribution in [0.5, 0.6) is 5.88 Å². The van der Waals surface area contributed by atoms with Crippen LogP contribution in [0.15, 0.2) is 11.0 Å². The second-order valence-electron chi connectivity index (χ2n) is 11.0. The predicted molar refractivity (Wildman–Crippen MR) is 151 cm³/mol. The van der Waals surface area contributed by atoms with E-state index in [0.29, 0.717) is 18.5 Å². The Morgan fingerprint density at radius 3 is 1.73 bits per heavy atom. The molecule has 0 fully saturated rings. The van der Waals surface area contributed by atoms with Gasteiger partial charge in [-0.15, -0.1) is 0 Å². The maximum atomic E-state index is 12.3. The Kier molecular flexibility index (Phi) is 15.9. The normalized spacial score (nSPS) is 12.4. The molecule has 0 radical (unpaired) electrons. The van der Waals surface area contributed by atoms with Gasteiger partial charge in [-0.25, -0.2) is 4.79 Å². The summed E-state index contributed by atoms with van der Waals surface area (Å²) < 4.78 is 8.96. The minimum atomic E-state index is -0.690. The van der Waals surface area contributed by atoms with Crippen molar-refractivity contribution in [3.05, 3.63) is 16.7 Å². The molecule has 0 aliphatic carbocycles. The predicted octanol–water partition coefficient (Wildman–Crippen LogP) is 7.38. The van der Waals surface area contributed by atoms with Gasteiger partial charge in [0.05, 0.1) is 6.20 Å². The zero-order valence-corrected chi connectivity index (χ0v) is 24.5. The lowest BCUT2D eigenvalue weighted by molar-refractivity contribution is -0.137. The lowest BCUT2D eigenvalue weighted by atomic mass is 9.74. The number of unbranched alkanes of at least 4 members (excludes halogenated alkanes) is 3. The van der Waals surface area contributed by atoms with Crippen molar-refractivity contribution in [1.29, 1.82) is 0 Å². The zero-order valence-electron chi connectivity index (χ0n) is 24.5. The molecule has 0 amide bonds. The molecular formula is C30H56N2O5. The molecule has 0 aliphatic rings. The van der Waals surface area contributed by atoms with Crippen molar-refractivity contribution < 1.29 is 19.7 Å². The van der Waals surface area contributed by atoms with E-state index in [-0.39, 0.29) is 23.4 Å². The molecule has 0 bridgehead atoms. The van der Waals surface area contributed by atoms with Gasteiger partial charge in [0.2, 0.25) is 5.88 Å². The first-order chi connectivity index (χ1) is 17.7. The van der Waals surface area contributed by atoms with Gasteiger partial charge in [-0.3, -0.25) is 13.9 Å². The molecule has 1 heterocycles. The number of rotatable bonds is 23. The van der Waals surface area contributed by atoms with Crippen molar-refractivity contribution >= 4 is 5.97 Å². The molecule has 37 heavy (non-hydrogen) atoms. The SMILES string of the molecule is CCn1cc(O)n(CCCCC(CC)(CC)CCCCOCCCCC(CC)(CC)CCC(=O)O)c1=O. The highest BCUT2D eigenvalue weighted by Crippen LogP contribution is 2.38. The Balaban J connectivity index is 2.27. The molecule has 7 heteroatoms. The summed E-state index contributed by atoms with van der Waals surface area (Å²) in [6, 6.07) is 0. The van der Waals surface area contributed by atoms with Crippen LogP contribution in [-0.2, 0) is 22.6 Å². The van der Waals surface area contributed by atoms with Gasteiger partial charge in [-0.1, -0.05) is 72.6 Å². The van der Waals surface area contributed by atoms with Crippen LogP contribution in [0.1, 0.15) is 131 Å². The van der Waals surface area contributed by atoms with E-state index in [1.165, 1.54) is 36.4 Å². The molecule has 7 nitrogen and oxygen atoms in total. The summed E-state index contributed by atoms with van der Waals surface area (Å²) in [6.07, 6.45) is 16.8. The molecule has 0 saturated heterocycles. The first-order valence-corrected chi connectivity index (χ1v) is 15.0. The molecule has 1 rings (SSSR count). The fourth-order valence-electron chi connectivity index (χ4n) is 5.77. The average Bonchev–Trinajstić information content (AvgIpc) is 3.18. The highest BCUT2D eigenvalue weighted by Gasteiger charge is 2.26. The van der Waals surface area contributed by atoms with E-state index in [9.17, 15) is 14.7 Å². The van der Waals surface area contributed by atoms with Crippen molar-refractivity contribution in [2.24, 2.45) is 10.8 Å². The minimum absolute atomic E-state index is 0.0670. The number of nitrogens with zero attached hydrogens (tertiary/aromatic N) is 2. The van der Waals surface area contributed by atoms with E-state index < -0.39 is 5.97 Å². The third-order valence-corrected chi connectivity index (χ3v) is 9.06. The van der Waals surface area contributed by atoms with Crippen LogP contribution in [0.25, 0.3) is 0 Å². The number of imidazole rings is 1. The number of carboxylic acid groups (broad SMARTS) is 1. The van der Waals surface area contributed by atoms with E-state index in [4.69, 9.17) is 9.84 Å². The quantitative estimate of drug-likeness (QED) is 0.146. The third-order valence-electron chi connectivity index (χ3n) is 9.06. The first-order valence-electron chi connectivity index (χ1n) is 15.0. The highest BCUT2D eigenvalue weighted by molar-refractivity contribution is 5.66. The second kappa shape index (κ2) is 17.7. The van der Waals surface area contributed by atoms with Crippen molar-refractivity contribution in [2.75, 3.05) is 13.2 Å². The summed E-state index contributed by atoms with van der Waals surface area (Å²) in [7, 11) is 0. The Morgan fingerprint density at radius 2 is 1.30 bits per heavy atom. The van der Waals surface area contributed by atoms with Crippen molar-refractivity contribution in [3.8, 4) is 5.88 Å². The summed E-state index contributed by atoms with van der Waals surface area (Å²) in [6.45, 7) is 13.6. The van der Waals surface area contributed by atoms with Crippen LogP contribution in [0, 0.1) is 10.8 Å². The molecule has 0 atom stereocenters. The Hall–Kier alpha value is -1.76. The van der Waals surface area contributed by atoms with Gasteiger partial charge in [-0.2, -0.15) is 0 Å². The van der Waals surface area contributed by atoms with E-state index in [1.54, 1.807) is 4.57 Å². The smallest absolute Gasteiger partial charge is 0.331 e. The molecular weight excluding hydrogens is 468 g/mol. The molecule has 0 spiro atoms. The van der Waals surface area contributed by atoms with Gasteiger partial charge in [-0.05, 0) is 62.7 Å². The summed E-state index contributed by atoms with van der Waals surface area (Å²) in [5, 5.41) is 19.1. The first kappa shape index (κ1) is 33.3. The van der Waals surface area contributed by atoms with Crippen LogP contribution in [0.4, 0.5) is 0 Å². The Labute approximate surface area is 225 Å². The van der Waals surface area contributed by atoms with Gasteiger partial charge < -0.3 is 14.9 Å². The summed E-state index contributed by atoms with van der Waals surface area (Å²) >= 11 is 0. The fourth-order valence-corrected chi connectivity index (χ4v) is 5.77. The molecule has 0 saturated carbocycles. The number of ether oxygens (including phenoxy) is 1. The maximum Gasteiger partial charge on any atom is 0.331 e. The maximum absolute atomic E-state index is 12.3. The van der Waals surface area contributed by atoms with Crippen LogP contribution >= 0.6 is 0 Å². The molecule has 2 N–H and O–H groups in total. The molecule has 1 aromatic rings. The number of carboxylic acids is 1. The lowest BCUT2D eigenvalue weighted by Gasteiger charge is -2.32. The van der Waals surface area contributed by atoms with E-state index in [2.05, 4.69) is 27.7 Å². The van der Waals surface area contributed by atoms with Gasteiger partial charge in [0.25, 0.3) is 0 Å². The summed E-state index contributed by atoms with van der Waals surface area (Å²) in [5.74, 6) is -0.623. The fraction of sp³-hybridized carbons (Fsp3) is 0.867. The van der Waals surface area contributed by atoms with Gasteiger partial charge in [0.15, 0.2) is 0 Å². The zero-order chi connectivity index (χ0) is 27.7. The number of aliphatic carboxylic acids is 1. The number of aromatic hydroxyl groups is 1. The van der Waals surface area contributed by atoms with Crippen molar-refractivity contribution in [1.82, 2.24) is 9.13 Å². The summed E-state index contributed by atoms with van der Waals surface area (Å²) in [5.41, 5.74) is 0.395. The Bertz CT molecular complexity index is 805. The van der Waals surface area contributed by atoms with E-state index >= 15 is 0 Å². The number of hydrogen-bond donors (Lipinski definition) is 2. The van der Waals surface area contributed by atoms with Crippen molar-refractivity contribution in [2.45, 2.75) is 144 Å². The topological polar surface area (TPSA) is 93.7 Å². The average molecular weight is 525 g/mol. The standard InChI is InChI=1S/C30H56N2O5/c1-6-29(7-2,18-11-14-22-32-26(33)25-31(10-5)28(32)36)19-12-15-23-37-24-16-13-20-30(8-3,9-4)21-17-27(34)35/h25,33H,6-24H2,1-5H3,(H,34,35). The van der Waals surface area contributed by atoms with Crippen LogP contribution in [0.2, 0.25) is 0 Å². The van der Waals surface area contributed by atoms with E-state index in [1.807, 2.05) is 6.92 Å². The Morgan fingerprint density at radius 1 is 0.811 bits per heavy atom. The van der Waals surface area contributed by atoms with Gasteiger partial charge in [0, 0.05) is 32.7 Å². The van der Waals surface area contributed by atoms with E-state index in [0.717, 1.165) is 77.4 Å². The molecule has 0 unspecified atom stereocenters. The van der Waals surface area contributed by atoms with Crippen molar-refractivity contribution in [3.63, 3.8) is 0 Å². The highest BCUT2D eigenvalue weighted by atomic mass is 16.5. The number of carbonyl (C=O) groups is 1. The van der Waals surface area contributed by atoms with Gasteiger partial charge >= 0.3 is 11.7 Å². The van der Waals surface area contributed by atoms with Crippen LogP contribution < -0.4 is 5.69 Å². The second-order valence-corrected chi connectivity index (χ2v) is 11.0. The summed E-state index contributed by atoms with van der Waals surface area (Å²) in [4.78, 5) is 23.3. The lowest BCUT2D eigenvalue weighted by Crippen LogP contribution is -2.24. The minimum Gasteiger partial charge on any atom is -0.493 e. The number of aryl methyl sites for hydroxylation is 1. The molecule has 216 valence electrons. The largest absolute Gasteiger partial charge is 0.493 e. The monoisotopic (exact) mass is 524 g/mol. The third kappa shape index (κ3) is 11.3. The molecule has 1 aromatic heterocycles. The molecule has 0 aliphatic heterocycles. The molecule has 0 aromatic carbocycles.